The molecule has 0 bridgehead atoms. The maximum absolute atomic E-state index is 5.14. The van der Waals surface area contributed by atoms with Crippen molar-refractivity contribution >= 4 is 39.7 Å². The lowest BCUT2D eigenvalue weighted by Crippen LogP contribution is -2.72. The summed E-state index contributed by atoms with van der Waals surface area (Å²) in [6, 6.07) is 69.4. The minimum atomic E-state index is -2.83. The van der Waals surface area contributed by atoms with E-state index in [4.69, 9.17) is 15.0 Å². The predicted molar refractivity (Wildman–Crippen MR) is 216 cm³/mol. The van der Waals surface area contributed by atoms with Gasteiger partial charge in [0.15, 0.2) is 25.5 Å². The van der Waals surface area contributed by atoms with Crippen molar-refractivity contribution in [2.24, 2.45) is 0 Å². The van der Waals surface area contributed by atoms with Crippen molar-refractivity contribution in [2.45, 2.75) is 0 Å². The summed E-state index contributed by atoms with van der Waals surface area (Å²) in [5.74, 6) is 1.96. The largest absolute Gasteiger partial charge is 0.309 e. The molecule has 52 heavy (non-hydrogen) atoms. The lowest BCUT2D eigenvalue weighted by molar-refractivity contribution is 1.07. The maximum Gasteiger partial charge on any atom is 0.183 e. The molecular formula is C47H32N4Si. The zero-order valence-electron chi connectivity index (χ0n) is 28.3. The van der Waals surface area contributed by atoms with Crippen molar-refractivity contribution in [1.29, 1.82) is 0 Å². The maximum atomic E-state index is 5.14. The molecule has 5 heteroatoms. The van der Waals surface area contributed by atoms with E-state index in [1.807, 2.05) is 36.4 Å². The number of hydrogen-bond donors (Lipinski definition) is 0. The average Bonchev–Trinajstić information content (AvgIpc) is 3.73. The second-order valence-corrected chi connectivity index (χ2v) is 16.9. The molecule has 0 N–H and O–H groups in total. The van der Waals surface area contributed by atoms with Gasteiger partial charge in [-0.05, 0) is 56.6 Å². The SMILES string of the molecule is c1ccc(-c2nc(-c3ccccc3)nc(-c3ccc4c(c3)c3c(n4-c4ccccc4)-c4ccccc4[Si]3(c3ccccc3)c3ccccc3)n2)cc1. The molecule has 0 fully saturated rings. The van der Waals surface area contributed by atoms with E-state index in [1.165, 1.54) is 42.9 Å². The van der Waals surface area contributed by atoms with Crippen LogP contribution in [0.15, 0.2) is 194 Å². The molecule has 7 aromatic carbocycles. The molecule has 0 aliphatic carbocycles. The molecule has 0 spiro atoms. The van der Waals surface area contributed by atoms with Gasteiger partial charge in [-0.15, -0.1) is 0 Å². The van der Waals surface area contributed by atoms with Gasteiger partial charge in [-0.25, -0.2) is 15.0 Å². The van der Waals surface area contributed by atoms with Gasteiger partial charge in [-0.2, -0.15) is 0 Å². The molecule has 2 aromatic heterocycles. The second-order valence-electron chi connectivity index (χ2n) is 13.2. The summed E-state index contributed by atoms with van der Waals surface area (Å²) in [4.78, 5) is 15.3. The van der Waals surface area contributed by atoms with Crippen LogP contribution in [0.25, 0.3) is 62.0 Å². The number of benzene rings is 7. The van der Waals surface area contributed by atoms with Gasteiger partial charge in [-0.3, -0.25) is 0 Å². The quantitative estimate of drug-likeness (QED) is 0.167. The molecule has 0 amide bonds. The molecule has 0 unspecified atom stereocenters. The van der Waals surface area contributed by atoms with Crippen molar-refractivity contribution in [3.05, 3.63) is 194 Å². The highest BCUT2D eigenvalue weighted by atomic mass is 28.3. The van der Waals surface area contributed by atoms with Gasteiger partial charge in [0.05, 0.1) is 11.2 Å². The van der Waals surface area contributed by atoms with Gasteiger partial charge in [0.2, 0.25) is 0 Å². The predicted octanol–water partition coefficient (Wildman–Crippen LogP) is 8.17. The van der Waals surface area contributed by atoms with Crippen LogP contribution in [0, 0.1) is 0 Å². The fourth-order valence-corrected chi connectivity index (χ4v) is 13.5. The molecule has 0 atom stereocenters. The Morgan fingerprint density at radius 1 is 0.404 bits per heavy atom. The Bertz CT molecular complexity index is 2610. The highest BCUT2D eigenvalue weighted by Crippen LogP contribution is 2.38. The van der Waals surface area contributed by atoms with Crippen molar-refractivity contribution < 1.29 is 0 Å². The van der Waals surface area contributed by atoms with Crippen molar-refractivity contribution in [3.8, 4) is 51.1 Å². The number of nitrogens with zero attached hydrogens (tertiary/aromatic N) is 4. The molecule has 1 aliphatic heterocycles. The minimum absolute atomic E-state index is 0.651. The summed E-state index contributed by atoms with van der Waals surface area (Å²) < 4.78 is 2.48. The Kier molecular flexibility index (Phi) is 7.11. The molecule has 0 saturated carbocycles. The molecular weight excluding hydrogens is 649 g/mol. The lowest BCUT2D eigenvalue weighted by Gasteiger charge is -2.31. The normalized spacial score (nSPS) is 12.8. The van der Waals surface area contributed by atoms with Crippen LogP contribution in [0.3, 0.4) is 0 Å². The summed E-state index contributed by atoms with van der Waals surface area (Å²) in [6.45, 7) is 0. The van der Waals surface area contributed by atoms with Crippen molar-refractivity contribution in [3.63, 3.8) is 0 Å². The summed E-state index contributed by atoms with van der Waals surface area (Å²) in [6.07, 6.45) is 0. The van der Waals surface area contributed by atoms with E-state index in [9.17, 15) is 0 Å². The molecule has 0 saturated heterocycles. The van der Waals surface area contributed by atoms with Crippen LogP contribution in [0.2, 0.25) is 0 Å². The zero-order valence-corrected chi connectivity index (χ0v) is 29.3. The van der Waals surface area contributed by atoms with Gasteiger partial charge in [0, 0.05) is 27.8 Å². The number of rotatable bonds is 6. The monoisotopic (exact) mass is 680 g/mol. The summed E-state index contributed by atoms with van der Waals surface area (Å²) in [7, 11) is -2.83. The summed E-state index contributed by atoms with van der Waals surface area (Å²) >= 11 is 0. The Labute approximate surface area is 303 Å². The van der Waals surface area contributed by atoms with Gasteiger partial charge < -0.3 is 4.57 Å². The highest BCUT2D eigenvalue weighted by Gasteiger charge is 2.51. The number of hydrogen-bond acceptors (Lipinski definition) is 3. The lowest BCUT2D eigenvalue weighted by atomic mass is 10.1. The van der Waals surface area contributed by atoms with Crippen LogP contribution in [-0.2, 0) is 0 Å². The van der Waals surface area contributed by atoms with Gasteiger partial charge in [0.1, 0.15) is 0 Å². The Morgan fingerprint density at radius 2 is 0.865 bits per heavy atom. The van der Waals surface area contributed by atoms with Gasteiger partial charge in [-0.1, -0.05) is 164 Å². The van der Waals surface area contributed by atoms with E-state index in [1.54, 1.807) is 0 Å². The minimum Gasteiger partial charge on any atom is -0.309 e. The molecule has 4 nitrogen and oxygen atoms in total. The average molecular weight is 681 g/mol. The Morgan fingerprint density at radius 3 is 1.42 bits per heavy atom. The van der Waals surface area contributed by atoms with E-state index >= 15 is 0 Å². The topological polar surface area (TPSA) is 43.6 Å². The molecule has 10 rings (SSSR count). The van der Waals surface area contributed by atoms with Gasteiger partial charge >= 0.3 is 0 Å². The van der Waals surface area contributed by atoms with Crippen LogP contribution in [0.1, 0.15) is 0 Å². The molecule has 3 heterocycles. The first-order valence-corrected chi connectivity index (χ1v) is 19.6. The van der Waals surface area contributed by atoms with Crippen LogP contribution >= 0.6 is 0 Å². The smallest absolute Gasteiger partial charge is 0.183 e. The first-order chi connectivity index (χ1) is 25.8. The van der Waals surface area contributed by atoms with E-state index in [-0.39, 0.29) is 0 Å². The second kappa shape index (κ2) is 12.3. The third-order valence-electron chi connectivity index (χ3n) is 10.3. The summed E-state index contributed by atoms with van der Waals surface area (Å²) in [5, 5.41) is 6.75. The number of fused-ring (bicyclic) bond motifs is 5. The molecule has 9 aromatic rings. The van der Waals surface area contributed by atoms with E-state index in [2.05, 4.69) is 162 Å². The number of aromatic nitrogens is 4. The molecule has 1 aliphatic rings. The molecule has 244 valence electrons. The highest BCUT2D eigenvalue weighted by molar-refractivity contribution is 7.23. The zero-order chi connectivity index (χ0) is 34.5. The van der Waals surface area contributed by atoms with Crippen LogP contribution in [0.5, 0.6) is 0 Å². The van der Waals surface area contributed by atoms with Crippen molar-refractivity contribution in [2.75, 3.05) is 0 Å². The fourth-order valence-electron chi connectivity index (χ4n) is 8.14. The van der Waals surface area contributed by atoms with Crippen LogP contribution in [0.4, 0.5) is 0 Å². The van der Waals surface area contributed by atoms with Crippen LogP contribution in [-0.4, -0.2) is 27.6 Å². The third kappa shape index (κ3) is 4.64. The van der Waals surface area contributed by atoms with E-state index in [0.717, 1.165) is 22.4 Å². The first kappa shape index (κ1) is 30.2. The van der Waals surface area contributed by atoms with E-state index in [0.29, 0.717) is 17.5 Å². The first-order valence-electron chi connectivity index (χ1n) is 17.6. The van der Waals surface area contributed by atoms with E-state index < -0.39 is 8.07 Å². The standard InChI is InChI=1S/C47H32N4Si/c1-6-18-33(19-7-1)45-48-46(34-20-8-2-9-21-34)50-47(49-45)35-30-31-41-40(32-35)44-43(51(41)36-22-10-3-11-23-36)39-28-16-17-29-42(39)52(44,37-24-12-4-13-25-37)38-26-14-5-15-27-38/h1-32H. The molecule has 0 radical (unpaired) electrons. The van der Waals surface area contributed by atoms with Gasteiger partial charge in [0.25, 0.3) is 0 Å². The Hall–Kier alpha value is -6.69. The van der Waals surface area contributed by atoms with Crippen molar-refractivity contribution in [1.82, 2.24) is 19.5 Å². The third-order valence-corrected chi connectivity index (χ3v) is 15.2. The van der Waals surface area contributed by atoms with Crippen LogP contribution < -0.4 is 20.7 Å². The summed E-state index contributed by atoms with van der Waals surface area (Å²) in [5.41, 5.74) is 7.72. The number of para-hydroxylation sites is 1. The fraction of sp³-hybridized carbons (Fsp3) is 0. The Balaban J connectivity index is 1.32.